The maximum absolute atomic E-state index is 12.8. The second-order valence-corrected chi connectivity index (χ2v) is 20.3. The SMILES string of the molecule is CCCCCCCCCC(=O)OC[C@@H](COC(=O)CCCCCCCCCCCCCCCCCCCCC(C)CC)OC(=O)CCCCCCCCCCCCCCCC(C)C. The lowest BCUT2D eigenvalue weighted by Crippen LogP contribution is -2.30. The van der Waals surface area contributed by atoms with Crippen molar-refractivity contribution in [1.82, 2.24) is 0 Å². The molecule has 0 aliphatic carbocycles. The van der Waals surface area contributed by atoms with Gasteiger partial charge in [-0.1, -0.05) is 279 Å². The third kappa shape index (κ3) is 49.7. The minimum absolute atomic E-state index is 0.0633. The fraction of sp³-hybridized carbons (Fsp3) is 0.947. The minimum Gasteiger partial charge on any atom is -0.462 e. The number of hydrogen-bond acceptors (Lipinski definition) is 6. The lowest BCUT2D eigenvalue weighted by Gasteiger charge is -2.18. The molecule has 0 bridgehead atoms. The molecular weight excluding hydrogens is 781 g/mol. The lowest BCUT2D eigenvalue weighted by molar-refractivity contribution is -0.167. The summed E-state index contributed by atoms with van der Waals surface area (Å²) in [6, 6.07) is 0. The minimum atomic E-state index is -0.761. The molecule has 0 spiro atoms. The van der Waals surface area contributed by atoms with Gasteiger partial charge in [-0.05, 0) is 31.1 Å². The number of ether oxygens (including phenoxy) is 3. The molecule has 0 heterocycles. The van der Waals surface area contributed by atoms with Crippen molar-refractivity contribution in [3.63, 3.8) is 0 Å². The molecule has 0 aromatic heterocycles. The van der Waals surface area contributed by atoms with E-state index in [0.29, 0.717) is 19.3 Å². The van der Waals surface area contributed by atoms with Crippen molar-refractivity contribution in [2.75, 3.05) is 13.2 Å². The summed E-state index contributed by atoms with van der Waals surface area (Å²) < 4.78 is 16.8. The van der Waals surface area contributed by atoms with E-state index in [9.17, 15) is 14.4 Å². The van der Waals surface area contributed by atoms with E-state index in [2.05, 4.69) is 34.6 Å². The maximum atomic E-state index is 12.8. The largest absolute Gasteiger partial charge is 0.462 e. The van der Waals surface area contributed by atoms with E-state index >= 15 is 0 Å². The van der Waals surface area contributed by atoms with Crippen LogP contribution in [0.1, 0.15) is 317 Å². The summed E-state index contributed by atoms with van der Waals surface area (Å²) in [5, 5.41) is 0. The van der Waals surface area contributed by atoms with Gasteiger partial charge in [0.05, 0.1) is 0 Å². The van der Waals surface area contributed by atoms with Gasteiger partial charge in [0, 0.05) is 19.3 Å². The van der Waals surface area contributed by atoms with Gasteiger partial charge in [0.15, 0.2) is 6.10 Å². The molecule has 6 nitrogen and oxygen atoms in total. The van der Waals surface area contributed by atoms with Crippen molar-refractivity contribution < 1.29 is 28.6 Å². The molecule has 63 heavy (non-hydrogen) atoms. The van der Waals surface area contributed by atoms with E-state index in [4.69, 9.17) is 14.2 Å². The number of unbranched alkanes of at least 4 members (excludes halogenated alkanes) is 35. The standard InChI is InChI=1S/C57H110O6/c1-6-8-9-10-30-37-42-47-55(58)61-50-54(63-57(60)49-44-39-34-29-25-21-17-18-22-26-31-35-40-45-52(3)4)51-62-56(59)48-43-38-33-28-24-20-16-14-12-11-13-15-19-23-27-32-36-41-46-53(5)7-2/h52-54H,6-51H2,1-5H3/t53?,54-/m0/s1. The average molecular weight is 892 g/mol. The fourth-order valence-corrected chi connectivity index (χ4v) is 8.66. The Hall–Kier alpha value is -1.59. The number of esters is 3. The first-order valence-electron chi connectivity index (χ1n) is 28.3. The summed E-state index contributed by atoms with van der Waals surface area (Å²) in [5.74, 6) is 0.899. The smallest absolute Gasteiger partial charge is 0.306 e. The molecular formula is C57H110O6. The van der Waals surface area contributed by atoms with Gasteiger partial charge in [-0.25, -0.2) is 0 Å². The molecule has 0 saturated carbocycles. The normalized spacial score (nSPS) is 12.5. The number of rotatable bonds is 51. The van der Waals surface area contributed by atoms with E-state index in [1.807, 2.05) is 0 Å². The van der Waals surface area contributed by atoms with Crippen LogP contribution in [0.3, 0.4) is 0 Å². The third-order valence-electron chi connectivity index (χ3n) is 13.3. The summed E-state index contributed by atoms with van der Waals surface area (Å²) in [6.45, 7) is 11.4. The number of carbonyl (C=O) groups is 3. The van der Waals surface area contributed by atoms with Gasteiger partial charge >= 0.3 is 17.9 Å². The topological polar surface area (TPSA) is 78.9 Å². The van der Waals surface area contributed by atoms with Gasteiger partial charge in [-0.15, -0.1) is 0 Å². The Morgan fingerprint density at radius 1 is 0.333 bits per heavy atom. The second-order valence-electron chi connectivity index (χ2n) is 20.3. The van der Waals surface area contributed by atoms with Crippen molar-refractivity contribution in [3.05, 3.63) is 0 Å². The van der Waals surface area contributed by atoms with Gasteiger partial charge in [0.1, 0.15) is 13.2 Å². The molecule has 0 radical (unpaired) electrons. The van der Waals surface area contributed by atoms with Crippen LogP contribution < -0.4 is 0 Å². The first-order valence-corrected chi connectivity index (χ1v) is 28.3. The summed E-state index contributed by atoms with van der Waals surface area (Å²) >= 11 is 0. The summed E-state index contributed by atoms with van der Waals surface area (Å²) in [6.07, 6.45) is 52.5. The van der Waals surface area contributed by atoms with Gasteiger partial charge in [0.25, 0.3) is 0 Å². The zero-order valence-electron chi connectivity index (χ0n) is 43.2. The zero-order chi connectivity index (χ0) is 46.1. The van der Waals surface area contributed by atoms with Crippen LogP contribution in [0.2, 0.25) is 0 Å². The summed E-state index contributed by atoms with van der Waals surface area (Å²) in [4.78, 5) is 37.9. The van der Waals surface area contributed by atoms with Crippen LogP contribution in [0, 0.1) is 11.8 Å². The molecule has 0 aromatic carbocycles. The molecule has 374 valence electrons. The lowest BCUT2D eigenvalue weighted by atomic mass is 9.99. The highest BCUT2D eigenvalue weighted by Crippen LogP contribution is 2.18. The van der Waals surface area contributed by atoms with Crippen molar-refractivity contribution in [2.24, 2.45) is 11.8 Å². The number of carbonyl (C=O) groups excluding carboxylic acids is 3. The predicted molar refractivity (Wildman–Crippen MR) is 270 cm³/mol. The van der Waals surface area contributed by atoms with E-state index in [-0.39, 0.29) is 31.1 Å². The molecule has 0 fully saturated rings. The van der Waals surface area contributed by atoms with Gasteiger partial charge < -0.3 is 14.2 Å². The van der Waals surface area contributed by atoms with E-state index in [0.717, 1.165) is 69.6 Å². The highest BCUT2D eigenvalue weighted by atomic mass is 16.6. The molecule has 0 aromatic rings. The Morgan fingerprint density at radius 2 is 0.603 bits per heavy atom. The molecule has 0 aliphatic heterocycles. The molecule has 0 rings (SSSR count). The monoisotopic (exact) mass is 891 g/mol. The van der Waals surface area contributed by atoms with E-state index in [1.54, 1.807) is 0 Å². The fourth-order valence-electron chi connectivity index (χ4n) is 8.66. The van der Waals surface area contributed by atoms with Gasteiger partial charge in [-0.3, -0.25) is 14.4 Å². The molecule has 2 atom stereocenters. The molecule has 0 amide bonds. The van der Waals surface area contributed by atoms with Crippen LogP contribution in [0.15, 0.2) is 0 Å². The van der Waals surface area contributed by atoms with Gasteiger partial charge in [0.2, 0.25) is 0 Å². The number of hydrogen-bond donors (Lipinski definition) is 0. The maximum Gasteiger partial charge on any atom is 0.306 e. The van der Waals surface area contributed by atoms with Crippen LogP contribution in [-0.2, 0) is 28.6 Å². The van der Waals surface area contributed by atoms with Gasteiger partial charge in [-0.2, -0.15) is 0 Å². The molecule has 0 aliphatic rings. The highest BCUT2D eigenvalue weighted by Gasteiger charge is 2.19. The highest BCUT2D eigenvalue weighted by molar-refractivity contribution is 5.71. The van der Waals surface area contributed by atoms with E-state index < -0.39 is 6.10 Å². The zero-order valence-corrected chi connectivity index (χ0v) is 43.2. The Labute approximate surface area is 393 Å². The first-order chi connectivity index (χ1) is 30.8. The Balaban J connectivity index is 4.12. The Morgan fingerprint density at radius 3 is 0.905 bits per heavy atom. The predicted octanol–water partition coefficient (Wildman–Crippen LogP) is 18.5. The molecule has 1 unspecified atom stereocenters. The van der Waals surface area contributed by atoms with Crippen LogP contribution in [0.4, 0.5) is 0 Å². The molecule has 6 heteroatoms. The average Bonchev–Trinajstić information content (AvgIpc) is 3.27. The van der Waals surface area contributed by atoms with Crippen molar-refractivity contribution in [2.45, 2.75) is 323 Å². The quantitative estimate of drug-likeness (QED) is 0.0344. The van der Waals surface area contributed by atoms with Crippen LogP contribution in [0.25, 0.3) is 0 Å². The molecule has 0 N–H and O–H groups in total. The Bertz CT molecular complexity index is 964. The van der Waals surface area contributed by atoms with Crippen LogP contribution in [-0.4, -0.2) is 37.2 Å². The second kappa shape index (κ2) is 49.8. The third-order valence-corrected chi connectivity index (χ3v) is 13.3. The Kier molecular flexibility index (Phi) is 48.6. The van der Waals surface area contributed by atoms with Crippen molar-refractivity contribution in [3.8, 4) is 0 Å². The first kappa shape index (κ1) is 61.4. The summed E-state index contributed by atoms with van der Waals surface area (Å²) in [5.41, 5.74) is 0. The van der Waals surface area contributed by atoms with Crippen LogP contribution >= 0.6 is 0 Å². The van der Waals surface area contributed by atoms with Crippen molar-refractivity contribution >= 4 is 17.9 Å². The van der Waals surface area contributed by atoms with E-state index in [1.165, 1.54) is 205 Å². The van der Waals surface area contributed by atoms with Crippen molar-refractivity contribution in [1.29, 1.82) is 0 Å². The summed E-state index contributed by atoms with van der Waals surface area (Å²) in [7, 11) is 0. The molecule has 0 saturated heterocycles. The van der Waals surface area contributed by atoms with Crippen LogP contribution in [0.5, 0.6) is 0 Å².